The monoisotopic (exact) mass is 361 g/mol. The Morgan fingerprint density at radius 1 is 1.15 bits per heavy atom. The number of ether oxygens (including phenoxy) is 3. The Hall–Kier alpha value is -2.96. The molecule has 1 aromatic heterocycles. The van der Waals surface area contributed by atoms with E-state index in [4.69, 9.17) is 18.6 Å². The number of methoxy groups -OCH3 is 2. The summed E-state index contributed by atoms with van der Waals surface area (Å²) in [5.41, 5.74) is 0.819. The molecule has 1 aromatic carbocycles. The summed E-state index contributed by atoms with van der Waals surface area (Å²) < 4.78 is 21.0. The van der Waals surface area contributed by atoms with E-state index in [-0.39, 0.29) is 12.5 Å². The summed E-state index contributed by atoms with van der Waals surface area (Å²) in [5, 5.41) is 0. The first kappa shape index (κ1) is 19.4. The van der Waals surface area contributed by atoms with E-state index in [0.717, 1.165) is 0 Å². The Kier molecular flexibility index (Phi) is 6.27. The van der Waals surface area contributed by atoms with E-state index in [9.17, 15) is 9.59 Å². The highest BCUT2D eigenvalue weighted by atomic mass is 16.5. The highest BCUT2D eigenvalue weighted by Gasteiger charge is 2.19. The van der Waals surface area contributed by atoms with Crippen molar-refractivity contribution in [2.24, 2.45) is 0 Å². The van der Waals surface area contributed by atoms with Gasteiger partial charge in [0.05, 0.1) is 27.4 Å². The zero-order valence-corrected chi connectivity index (χ0v) is 15.6. The Morgan fingerprint density at radius 2 is 1.88 bits per heavy atom. The zero-order chi connectivity index (χ0) is 19.3. The van der Waals surface area contributed by atoms with Crippen LogP contribution in [-0.4, -0.2) is 44.7 Å². The van der Waals surface area contributed by atoms with E-state index in [1.807, 2.05) is 6.92 Å². The summed E-state index contributed by atoms with van der Waals surface area (Å²) in [6, 6.07) is 6.60. The molecule has 0 unspecified atom stereocenters. The molecule has 0 spiro atoms. The maximum absolute atomic E-state index is 12.7. The molecule has 0 aliphatic heterocycles. The molecule has 0 saturated heterocycles. The summed E-state index contributed by atoms with van der Waals surface area (Å²) in [5.74, 6) is 1.35. The number of carbonyl (C=O) groups is 2. The lowest BCUT2D eigenvalue weighted by Crippen LogP contribution is -2.26. The van der Waals surface area contributed by atoms with Crippen molar-refractivity contribution in [3.8, 4) is 11.5 Å². The number of rotatable bonds is 7. The fourth-order valence-corrected chi connectivity index (χ4v) is 2.54. The second kappa shape index (κ2) is 8.42. The number of furan rings is 1. The van der Waals surface area contributed by atoms with E-state index in [0.29, 0.717) is 40.8 Å². The lowest BCUT2D eigenvalue weighted by atomic mass is 10.1. The van der Waals surface area contributed by atoms with Gasteiger partial charge in [-0.15, -0.1) is 0 Å². The second-order valence-electron chi connectivity index (χ2n) is 5.63. The molecule has 0 bridgehead atoms. The summed E-state index contributed by atoms with van der Waals surface area (Å²) in [6.07, 6.45) is 0. The number of hydrogen-bond donors (Lipinski definition) is 0. The van der Waals surface area contributed by atoms with E-state index < -0.39 is 5.97 Å². The molecule has 2 rings (SSSR count). The van der Waals surface area contributed by atoms with Gasteiger partial charge in [-0.2, -0.15) is 0 Å². The Labute approximate surface area is 152 Å². The van der Waals surface area contributed by atoms with Gasteiger partial charge in [-0.25, -0.2) is 4.79 Å². The molecule has 2 aromatic rings. The summed E-state index contributed by atoms with van der Waals surface area (Å²) in [7, 11) is 4.51. The number of esters is 1. The van der Waals surface area contributed by atoms with Gasteiger partial charge >= 0.3 is 5.97 Å². The fourth-order valence-electron chi connectivity index (χ4n) is 2.54. The van der Waals surface area contributed by atoms with Crippen molar-refractivity contribution in [1.82, 2.24) is 4.90 Å². The molecule has 26 heavy (non-hydrogen) atoms. The third-order valence-corrected chi connectivity index (χ3v) is 3.82. The third-order valence-electron chi connectivity index (χ3n) is 3.82. The van der Waals surface area contributed by atoms with Gasteiger partial charge in [0, 0.05) is 12.6 Å². The van der Waals surface area contributed by atoms with Crippen LogP contribution in [0.15, 0.2) is 28.7 Å². The van der Waals surface area contributed by atoms with E-state index >= 15 is 0 Å². The van der Waals surface area contributed by atoms with Crippen LogP contribution in [0.2, 0.25) is 0 Å². The topological polar surface area (TPSA) is 78.2 Å². The lowest BCUT2D eigenvalue weighted by molar-refractivity contribution is 0.0598. The van der Waals surface area contributed by atoms with Gasteiger partial charge in [0.15, 0.2) is 11.5 Å². The highest BCUT2D eigenvalue weighted by Crippen LogP contribution is 2.28. The average molecular weight is 361 g/mol. The lowest BCUT2D eigenvalue weighted by Gasteiger charge is -2.17. The van der Waals surface area contributed by atoms with Crippen LogP contribution in [0, 0.1) is 6.92 Å². The standard InChI is InChI=1S/C19H23NO6/c1-6-25-17-9-13(7-8-16(17)23-4)18(21)20(3)11-14-10-15(12(2)26-14)19(22)24-5/h7-10H,6,11H2,1-5H3. The highest BCUT2D eigenvalue weighted by molar-refractivity contribution is 5.95. The van der Waals surface area contributed by atoms with Gasteiger partial charge in [0.1, 0.15) is 17.1 Å². The van der Waals surface area contributed by atoms with Gasteiger partial charge in [-0.05, 0) is 38.1 Å². The molecule has 7 heteroatoms. The van der Waals surface area contributed by atoms with Crippen molar-refractivity contribution < 1.29 is 28.2 Å². The normalized spacial score (nSPS) is 10.3. The predicted octanol–water partition coefficient (Wildman–Crippen LogP) is 3.05. The Morgan fingerprint density at radius 3 is 2.50 bits per heavy atom. The molecular formula is C19H23NO6. The van der Waals surface area contributed by atoms with Crippen LogP contribution >= 0.6 is 0 Å². The second-order valence-corrected chi connectivity index (χ2v) is 5.63. The molecule has 0 radical (unpaired) electrons. The third kappa shape index (κ3) is 4.17. The maximum Gasteiger partial charge on any atom is 0.341 e. The van der Waals surface area contributed by atoms with E-state index in [1.165, 1.54) is 12.0 Å². The van der Waals surface area contributed by atoms with Gasteiger partial charge in [-0.1, -0.05) is 0 Å². The van der Waals surface area contributed by atoms with Crippen molar-refractivity contribution in [2.75, 3.05) is 27.9 Å². The largest absolute Gasteiger partial charge is 0.493 e. The summed E-state index contributed by atoms with van der Waals surface area (Å²) >= 11 is 0. The number of nitrogens with zero attached hydrogens (tertiary/aromatic N) is 1. The van der Waals surface area contributed by atoms with Crippen molar-refractivity contribution in [3.63, 3.8) is 0 Å². The van der Waals surface area contributed by atoms with Crippen molar-refractivity contribution in [3.05, 3.63) is 46.9 Å². The molecular weight excluding hydrogens is 338 g/mol. The van der Waals surface area contributed by atoms with E-state index in [2.05, 4.69) is 0 Å². The first-order valence-electron chi connectivity index (χ1n) is 8.15. The Balaban J connectivity index is 2.17. The van der Waals surface area contributed by atoms with Crippen LogP contribution in [0.5, 0.6) is 11.5 Å². The summed E-state index contributed by atoms with van der Waals surface area (Å²) in [6.45, 7) is 4.21. The summed E-state index contributed by atoms with van der Waals surface area (Å²) in [4.78, 5) is 25.8. The predicted molar refractivity (Wildman–Crippen MR) is 94.7 cm³/mol. The molecule has 0 N–H and O–H groups in total. The van der Waals surface area contributed by atoms with Crippen LogP contribution in [-0.2, 0) is 11.3 Å². The first-order valence-corrected chi connectivity index (χ1v) is 8.15. The van der Waals surface area contributed by atoms with Crippen molar-refractivity contribution in [1.29, 1.82) is 0 Å². The maximum atomic E-state index is 12.7. The molecule has 0 atom stereocenters. The fraction of sp³-hybridized carbons (Fsp3) is 0.368. The van der Waals surface area contributed by atoms with Crippen molar-refractivity contribution in [2.45, 2.75) is 20.4 Å². The van der Waals surface area contributed by atoms with Gasteiger partial charge < -0.3 is 23.5 Å². The smallest absolute Gasteiger partial charge is 0.341 e. The molecule has 0 fully saturated rings. The minimum Gasteiger partial charge on any atom is -0.493 e. The molecule has 7 nitrogen and oxygen atoms in total. The van der Waals surface area contributed by atoms with Crippen LogP contribution in [0.25, 0.3) is 0 Å². The van der Waals surface area contributed by atoms with Gasteiger partial charge in [-0.3, -0.25) is 4.79 Å². The van der Waals surface area contributed by atoms with Crippen LogP contribution in [0.4, 0.5) is 0 Å². The van der Waals surface area contributed by atoms with Crippen LogP contribution in [0.3, 0.4) is 0 Å². The van der Waals surface area contributed by atoms with Gasteiger partial charge in [0.25, 0.3) is 5.91 Å². The molecule has 140 valence electrons. The quantitative estimate of drug-likeness (QED) is 0.706. The SMILES string of the molecule is CCOc1cc(C(=O)N(C)Cc2cc(C(=O)OC)c(C)o2)ccc1OC. The van der Waals surface area contributed by atoms with Crippen LogP contribution < -0.4 is 9.47 Å². The number of benzene rings is 1. The van der Waals surface area contributed by atoms with Crippen LogP contribution in [0.1, 0.15) is 39.2 Å². The van der Waals surface area contributed by atoms with E-state index in [1.54, 1.807) is 45.3 Å². The number of carbonyl (C=O) groups excluding carboxylic acids is 2. The first-order chi connectivity index (χ1) is 12.4. The number of hydrogen-bond acceptors (Lipinski definition) is 6. The number of amides is 1. The number of aryl methyl sites for hydroxylation is 1. The minimum atomic E-state index is -0.469. The average Bonchev–Trinajstić information content (AvgIpc) is 3.00. The van der Waals surface area contributed by atoms with Crippen molar-refractivity contribution >= 4 is 11.9 Å². The molecule has 0 saturated carbocycles. The molecule has 0 aliphatic carbocycles. The van der Waals surface area contributed by atoms with Gasteiger partial charge in [0.2, 0.25) is 0 Å². The molecule has 0 aliphatic rings. The molecule has 1 amide bonds. The molecule has 1 heterocycles. The zero-order valence-electron chi connectivity index (χ0n) is 15.6. The Bertz CT molecular complexity index is 795. The minimum absolute atomic E-state index is 0.206.